The molecule has 12 heteroatoms. The summed E-state index contributed by atoms with van der Waals surface area (Å²) < 4.78 is 59.2. The van der Waals surface area contributed by atoms with Crippen molar-refractivity contribution in [3.8, 4) is 11.3 Å². The average molecular weight is 624 g/mol. The summed E-state index contributed by atoms with van der Waals surface area (Å²) in [5.41, 5.74) is 1.64. The number of carbonyl (C=O) groups excluding carboxylic acids is 2. The van der Waals surface area contributed by atoms with E-state index >= 15 is 4.39 Å². The Morgan fingerprint density at radius 3 is 2.33 bits per heavy atom. The second-order valence-corrected chi connectivity index (χ2v) is 10.9. The van der Waals surface area contributed by atoms with Crippen LogP contribution in [0, 0.1) is 12.7 Å². The Balaban J connectivity index is 1.18. The lowest BCUT2D eigenvalue weighted by molar-refractivity contribution is -0.139. The molecule has 1 aliphatic rings. The van der Waals surface area contributed by atoms with E-state index in [0.29, 0.717) is 24.3 Å². The van der Waals surface area contributed by atoms with Crippen LogP contribution in [0.1, 0.15) is 44.0 Å². The Morgan fingerprint density at radius 1 is 0.978 bits per heavy atom. The molecule has 0 bridgehead atoms. The van der Waals surface area contributed by atoms with Crippen molar-refractivity contribution in [1.29, 1.82) is 0 Å². The van der Waals surface area contributed by atoms with E-state index in [2.05, 4.69) is 10.6 Å². The molecule has 0 aliphatic carbocycles. The Hall–Kier alpha value is -5.13. The lowest BCUT2D eigenvalue weighted by Crippen LogP contribution is -2.42. The fourth-order valence-electron chi connectivity index (χ4n) is 5.11. The first-order valence-corrected chi connectivity index (χ1v) is 14.1. The normalized spacial score (nSPS) is 15.5. The predicted octanol–water partition coefficient (Wildman–Crippen LogP) is 5.85. The van der Waals surface area contributed by atoms with Gasteiger partial charge in [0.25, 0.3) is 11.8 Å². The molecular weight excluding hydrogens is 594 g/mol. The van der Waals surface area contributed by atoms with Gasteiger partial charge in [-0.1, -0.05) is 35.9 Å². The van der Waals surface area contributed by atoms with Crippen LogP contribution in [0.4, 0.5) is 23.2 Å². The highest BCUT2D eigenvalue weighted by Crippen LogP contribution is 2.30. The first kappa shape index (κ1) is 31.3. The number of aryl methyl sites for hydroxylation is 1. The molecule has 2 unspecified atom stereocenters. The smallest absolute Gasteiger partial charge is 0.416 e. The first-order chi connectivity index (χ1) is 21.4. The summed E-state index contributed by atoms with van der Waals surface area (Å²) in [6, 6.07) is 17.0. The Bertz CT molecular complexity index is 1700. The number of alkyl halides is 3. The number of hydrogen-bond donors (Lipinski definition) is 3. The molecule has 3 aromatic carbocycles. The number of furan rings is 1. The maximum absolute atomic E-state index is 15.2. The molecule has 8 nitrogen and oxygen atoms in total. The zero-order chi connectivity index (χ0) is 32.3. The van der Waals surface area contributed by atoms with E-state index in [1.807, 2.05) is 31.2 Å². The minimum atomic E-state index is -4.50. The minimum absolute atomic E-state index is 0.0626. The lowest BCUT2D eigenvalue weighted by Gasteiger charge is -2.21. The van der Waals surface area contributed by atoms with Gasteiger partial charge in [-0.15, -0.1) is 0 Å². The summed E-state index contributed by atoms with van der Waals surface area (Å²) in [7, 11) is 0. The molecule has 234 valence electrons. The number of benzene rings is 3. The zero-order valence-corrected chi connectivity index (χ0v) is 24.0. The number of rotatable bonds is 9. The predicted molar refractivity (Wildman–Crippen MR) is 157 cm³/mol. The monoisotopic (exact) mass is 623 g/mol. The molecule has 1 saturated heterocycles. The molecule has 1 aromatic heterocycles. The highest BCUT2D eigenvalue weighted by molar-refractivity contribution is 5.95. The molecule has 2 amide bonds. The number of nitrogens with one attached hydrogen (secondary N) is 2. The zero-order valence-electron chi connectivity index (χ0n) is 24.0. The lowest BCUT2D eigenvalue weighted by atomic mass is 10.0. The fourth-order valence-corrected chi connectivity index (χ4v) is 5.11. The van der Waals surface area contributed by atoms with Gasteiger partial charge in [-0.25, -0.2) is 9.18 Å². The summed E-state index contributed by atoms with van der Waals surface area (Å²) in [6.45, 7) is 2.62. The van der Waals surface area contributed by atoms with Crippen molar-refractivity contribution in [2.45, 2.75) is 38.0 Å². The van der Waals surface area contributed by atoms with Crippen molar-refractivity contribution in [2.75, 3.05) is 18.0 Å². The Labute approximate surface area is 255 Å². The molecule has 2 atom stereocenters. The number of carbonyl (C=O) groups is 3. The third-order valence-electron chi connectivity index (χ3n) is 7.56. The van der Waals surface area contributed by atoms with Crippen molar-refractivity contribution in [3.05, 3.63) is 113 Å². The Kier molecular flexibility index (Phi) is 8.94. The van der Waals surface area contributed by atoms with Crippen LogP contribution in [-0.2, 0) is 17.4 Å². The molecule has 5 rings (SSSR count). The summed E-state index contributed by atoms with van der Waals surface area (Å²) in [5, 5.41) is 14.9. The fraction of sp³-hybridized carbons (Fsp3) is 0.242. The van der Waals surface area contributed by atoms with Crippen LogP contribution in [0.15, 0.2) is 83.3 Å². The number of nitrogens with zero attached hydrogens (tertiary/aromatic N) is 1. The average Bonchev–Trinajstić information content (AvgIpc) is 3.67. The van der Waals surface area contributed by atoms with E-state index in [0.717, 1.165) is 35.4 Å². The number of amides is 2. The van der Waals surface area contributed by atoms with E-state index < -0.39 is 41.4 Å². The van der Waals surface area contributed by atoms with Crippen molar-refractivity contribution < 1.29 is 41.5 Å². The van der Waals surface area contributed by atoms with Crippen LogP contribution in [-0.4, -0.2) is 48.1 Å². The minimum Gasteiger partial charge on any atom is -0.480 e. The van der Waals surface area contributed by atoms with Gasteiger partial charge in [0.05, 0.1) is 11.3 Å². The molecule has 0 spiro atoms. The molecule has 1 aliphatic heterocycles. The van der Waals surface area contributed by atoms with Gasteiger partial charge in [0, 0.05) is 36.7 Å². The van der Waals surface area contributed by atoms with Crippen LogP contribution in [0.2, 0.25) is 0 Å². The highest BCUT2D eigenvalue weighted by atomic mass is 19.4. The van der Waals surface area contributed by atoms with Crippen molar-refractivity contribution >= 4 is 23.5 Å². The Morgan fingerprint density at radius 2 is 1.69 bits per heavy atom. The summed E-state index contributed by atoms with van der Waals surface area (Å²) in [6.07, 6.45) is -4.20. The number of carboxylic acids is 1. The van der Waals surface area contributed by atoms with Gasteiger partial charge < -0.3 is 25.1 Å². The van der Waals surface area contributed by atoms with Crippen molar-refractivity contribution in [3.63, 3.8) is 0 Å². The van der Waals surface area contributed by atoms with Crippen LogP contribution in [0.3, 0.4) is 0 Å². The standard InChI is InChI=1S/C33H29F4N3O5/c1-19-2-5-21(6-3-19)28-12-13-29(45-28)31(42)39-26(32(43)44)17-20-4-11-27(25(34)16-20)40-15-14-24(18-40)38-30(41)22-7-9-23(10-8-22)33(35,36)37/h2-13,16,24,26H,14-15,17-18H2,1H3,(H,38,41)(H,39,42)(H,43,44). The van der Waals surface area contributed by atoms with Gasteiger partial charge in [0.2, 0.25) is 0 Å². The third kappa shape index (κ3) is 7.51. The SMILES string of the molecule is Cc1ccc(-c2ccc(C(=O)NC(Cc3ccc(N4CCC(NC(=O)c5ccc(C(F)(F)F)cc5)C4)c(F)c3)C(=O)O)o2)cc1. The molecule has 3 N–H and O–H groups in total. The van der Waals surface area contributed by atoms with E-state index in [1.165, 1.54) is 18.2 Å². The second kappa shape index (κ2) is 12.8. The first-order valence-electron chi connectivity index (χ1n) is 14.1. The quantitative estimate of drug-likeness (QED) is 0.202. The summed E-state index contributed by atoms with van der Waals surface area (Å²) in [5.74, 6) is -2.77. The maximum atomic E-state index is 15.2. The molecule has 45 heavy (non-hydrogen) atoms. The molecule has 1 fully saturated rings. The van der Waals surface area contributed by atoms with Gasteiger partial charge in [-0.3, -0.25) is 9.59 Å². The van der Waals surface area contributed by atoms with Crippen LogP contribution >= 0.6 is 0 Å². The van der Waals surface area contributed by atoms with Gasteiger partial charge in [0.1, 0.15) is 17.6 Å². The van der Waals surface area contributed by atoms with Gasteiger partial charge in [-0.2, -0.15) is 13.2 Å². The van der Waals surface area contributed by atoms with Crippen molar-refractivity contribution in [1.82, 2.24) is 10.6 Å². The van der Waals surface area contributed by atoms with Gasteiger partial charge in [0.15, 0.2) is 5.76 Å². The highest BCUT2D eigenvalue weighted by Gasteiger charge is 2.31. The van der Waals surface area contributed by atoms with Crippen molar-refractivity contribution in [2.24, 2.45) is 0 Å². The number of aliphatic carboxylic acids is 1. The van der Waals surface area contributed by atoms with E-state index in [9.17, 15) is 32.7 Å². The van der Waals surface area contributed by atoms with E-state index in [-0.39, 0.29) is 36.0 Å². The number of carboxylic acid groups (broad SMARTS) is 1. The largest absolute Gasteiger partial charge is 0.480 e. The summed E-state index contributed by atoms with van der Waals surface area (Å²) in [4.78, 5) is 39.0. The summed E-state index contributed by atoms with van der Waals surface area (Å²) >= 11 is 0. The molecule has 4 aromatic rings. The molecule has 0 saturated carbocycles. The van der Waals surface area contributed by atoms with Crippen LogP contribution in [0.5, 0.6) is 0 Å². The van der Waals surface area contributed by atoms with Crippen LogP contribution < -0.4 is 15.5 Å². The van der Waals surface area contributed by atoms with E-state index in [1.54, 1.807) is 17.0 Å². The second-order valence-electron chi connectivity index (χ2n) is 10.9. The topological polar surface area (TPSA) is 112 Å². The number of halogens is 4. The van der Waals surface area contributed by atoms with Gasteiger partial charge in [-0.05, 0) is 67.4 Å². The van der Waals surface area contributed by atoms with Gasteiger partial charge >= 0.3 is 12.1 Å². The molecular formula is C33H29F4N3O5. The molecule has 0 radical (unpaired) electrons. The van der Waals surface area contributed by atoms with E-state index in [4.69, 9.17) is 4.42 Å². The number of hydrogen-bond acceptors (Lipinski definition) is 5. The maximum Gasteiger partial charge on any atom is 0.416 e. The van der Waals surface area contributed by atoms with Crippen LogP contribution in [0.25, 0.3) is 11.3 Å². The molecule has 2 heterocycles. The third-order valence-corrected chi connectivity index (χ3v) is 7.56. The number of anilines is 1.